The molecule has 0 radical (unpaired) electrons. The van der Waals surface area contributed by atoms with Crippen LogP contribution in [0.5, 0.6) is 11.6 Å². The molecule has 0 aliphatic heterocycles. The lowest BCUT2D eigenvalue weighted by Crippen LogP contribution is -2.41. The molecular weight excluding hydrogens is 427 g/mol. The molecule has 0 unspecified atom stereocenters. The number of nitrogens with one attached hydrogen (secondary N) is 3. The fraction of sp³-hybridized carbons (Fsp3) is 0.0952. The summed E-state index contributed by atoms with van der Waals surface area (Å²) < 4.78 is 5.72. The van der Waals surface area contributed by atoms with Gasteiger partial charge in [-0.2, -0.15) is 0 Å². The van der Waals surface area contributed by atoms with Crippen molar-refractivity contribution in [2.24, 2.45) is 0 Å². The van der Waals surface area contributed by atoms with Crippen LogP contribution < -0.4 is 20.7 Å². The topological polar surface area (TPSA) is 92.3 Å². The second kappa shape index (κ2) is 10.5. The van der Waals surface area contributed by atoms with Crippen LogP contribution in [0.25, 0.3) is 0 Å². The zero-order valence-corrected chi connectivity index (χ0v) is 17.2. The molecule has 0 aliphatic rings. The Morgan fingerprint density at radius 1 is 1.00 bits per heavy atom. The predicted octanol–water partition coefficient (Wildman–Crippen LogP) is 4.62. The first kappa shape index (κ1) is 21.4. The third kappa shape index (κ3) is 6.37. The van der Waals surface area contributed by atoms with Crippen LogP contribution in [0.4, 0.5) is 10.5 Å². The van der Waals surface area contributed by atoms with E-state index < -0.39 is 11.9 Å². The maximum absolute atomic E-state index is 12.1. The highest BCUT2D eigenvalue weighted by atomic mass is 35.5. The summed E-state index contributed by atoms with van der Waals surface area (Å²) in [6.07, 6.45) is 1.42. The van der Waals surface area contributed by atoms with Crippen LogP contribution in [0.15, 0.2) is 66.9 Å². The first-order valence-corrected chi connectivity index (χ1v) is 9.70. The number of anilines is 1. The van der Waals surface area contributed by atoms with Gasteiger partial charge in [-0.25, -0.2) is 9.78 Å². The number of ether oxygens (including phenoxy) is 1. The summed E-state index contributed by atoms with van der Waals surface area (Å²) in [5.41, 5.74) is 1.46. The van der Waals surface area contributed by atoms with Gasteiger partial charge in [0.15, 0.2) is 5.75 Å². The van der Waals surface area contributed by atoms with Gasteiger partial charge in [0.1, 0.15) is 5.02 Å². The number of nitrogens with zero attached hydrogens (tertiary/aromatic N) is 1. The SMILES string of the molecule is O=C(CNc1ccccc1Oc1ncc(Cl)cc1Cl)NC(=O)NCc1ccccc1. The number of rotatable bonds is 7. The molecule has 3 aromatic rings. The lowest BCUT2D eigenvalue weighted by atomic mass is 10.2. The Kier molecular flexibility index (Phi) is 7.48. The number of para-hydroxylation sites is 2. The summed E-state index contributed by atoms with van der Waals surface area (Å²) in [5, 5.41) is 8.46. The van der Waals surface area contributed by atoms with Gasteiger partial charge in [0.2, 0.25) is 11.8 Å². The monoisotopic (exact) mass is 444 g/mol. The molecule has 0 fully saturated rings. The van der Waals surface area contributed by atoms with Crippen molar-refractivity contribution in [1.82, 2.24) is 15.6 Å². The van der Waals surface area contributed by atoms with Gasteiger partial charge in [-0.3, -0.25) is 10.1 Å². The Morgan fingerprint density at radius 2 is 1.73 bits per heavy atom. The molecule has 0 saturated carbocycles. The fourth-order valence-corrected chi connectivity index (χ4v) is 2.87. The predicted molar refractivity (Wildman–Crippen MR) is 116 cm³/mol. The van der Waals surface area contributed by atoms with Crippen LogP contribution >= 0.6 is 23.2 Å². The molecule has 3 rings (SSSR count). The van der Waals surface area contributed by atoms with Crippen molar-refractivity contribution in [3.8, 4) is 11.6 Å². The van der Waals surface area contributed by atoms with Crippen LogP contribution in [0.1, 0.15) is 5.56 Å². The zero-order valence-electron chi connectivity index (χ0n) is 15.7. The van der Waals surface area contributed by atoms with Crippen molar-refractivity contribution in [3.63, 3.8) is 0 Å². The van der Waals surface area contributed by atoms with Crippen molar-refractivity contribution in [3.05, 3.63) is 82.5 Å². The molecule has 154 valence electrons. The number of hydrogen-bond acceptors (Lipinski definition) is 5. The van der Waals surface area contributed by atoms with Gasteiger partial charge in [-0.05, 0) is 23.8 Å². The van der Waals surface area contributed by atoms with Crippen molar-refractivity contribution in [1.29, 1.82) is 0 Å². The molecule has 2 aromatic carbocycles. The Hall–Kier alpha value is -3.29. The number of hydrogen-bond donors (Lipinski definition) is 3. The minimum Gasteiger partial charge on any atom is -0.435 e. The van der Waals surface area contributed by atoms with E-state index in [1.807, 2.05) is 30.3 Å². The highest BCUT2D eigenvalue weighted by Crippen LogP contribution is 2.33. The molecule has 0 saturated heterocycles. The Balaban J connectivity index is 1.52. The smallest absolute Gasteiger partial charge is 0.321 e. The quantitative estimate of drug-likeness (QED) is 0.494. The molecular formula is C21H18Cl2N4O3. The molecule has 7 nitrogen and oxygen atoms in total. The number of imide groups is 1. The first-order valence-electron chi connectivity index (χ1n) is 8.94. The number of benzene rings is 2. The summed E-state index contributed by atoms with van der Waals surface area (Å²) in [7, 11) is 0. The normalized spacial score (nSPS) is 10.2. The van der Waals surface area contributed by atoms with Gasteiger partial charge in [-0.15, -0.1) is 0 Å². The number of urea groups is 1. The summed E-state index contributed by atoms with van der Waals surface area (Å²) in [6, 6.07) is 17.3. The van der Waals surface area contributed by atoms with Crippen molar-refractivity contribution in [2.45, 2.75) is 6.54 Å². The van der Waals surface area contributed by atoms with E-state index in [0.717, 1.165) is 5.56 Å². The molecule has 30 heavy (non-hydrogen) atoms. The Labute approximate surface area is 183 Å². The van der Waals surface area contributed by atoms with Crippen LogP contribution in [0.3, 0.4) is 0 Å². The van der Waals surface area contributed by atoms with E-state index in [4.69, 9.17) is 27.9 Å². The molecule has 3 N–H and O–H groups in total. The number of aromatic nitrogens is 1. The second-order valence-electron chi connectivity index (χ2n) is 6.11. The molecule has 0 bridgehead atoms. The standard InChI is InChI=1S/C21H18Cl2N4O3/c22-15-10-16(23)20(25-12-15)30-18-9-5-4-8-17(18)24-13-19(28)27-21(29)26-11-14-6-2-1-3-7-14/h1-10,12,24H,11,13H2,(H2,26,27,28,29). The maximum atomic E-state index is 12.1. The lowest BCUT2D eigenvalue weighted by Gasteiger charge is -2.13. The molecule has 9 heteroatoms. The number of carbonyl (C=O) groups excluding carboxylic acids is 2. The van der Waals surface area contributed by atoms with Crippen LogP contribution in [-0.2, 0) is 11.3 Å². The minimum absolute atomic E-state index is 0.138. The third-order valence-electron chi connectivity index (χ3n) is 3.86. The molecule has 0 spiro atoms. The maximum Gasteiger partial charge on any atom is 0.321 e. The van der Waals surface area contributed by atoms with Crippen LogP contribution in [0, 0.1) is 0 Å². The number of halogens is 2. The van der Waals surface area contributed by atoms with Gasteiger partial charge in [0.05, 0.1) is 17.3 Å². The highest BCUT2D eigenvalue weighted by molar-refractivity contribution is 6.35. The fourth-order valence-electron chi connectivity index (χ4n) is 2.45. The summed E-state index contributed by atoms with van der Waals surface area (Å²) in [6.45, 7) is 0.180. The Bertz CT molecular complexity index is 1030. The van der Waals surface area contributed by atoms with Gasteiger partial charge in [0.25, 0.3) is 0 Å². The average Bonchev–Trinajstić information content (AvgIpc) is 2.74. The van der Waals surface area contributed by atoms with E-state index in [-0.39, 0.29) is 17.4 Å². The van der Waals surface area contributed by atoms with E-state index in [1.54, 1.807) is 24.3 Å². The molecule has 1 heterocycles. The summed E-state index contributed by atoms with van der Waals surface area (Å²) in [4.78, 5) is 28.0. The van der Waals surface area contributed by atoms with Crippen molar-refractivity contribution < 1.29 is 14.3 Å². The molecule has 0 aliphatic carbocycles. The minimum atomic E-state index is -0.577. The van der Waals surface area contributed by atoms with Crippen molar-refractivity contribution >= 4 is 40.8 Å². The van der Waals surface area contributed by atoms with Crippen molar-refractivity contribution in [2.75, 3.05) is 11.9 Å². The van der Waals surface area contributed by atoms with Gasteiger partial charge < -0.3 is 15.4 Å². The van der Waals surface area contributed by atoms with E-state index in [2.05, 4.69) is 20.9 Å². The lowest BCUT2D eigenvalue weighted by molar-refractivity contribution is -0.118. The largest absolute Gasteiger partial charge is 0.435 e. The first-order chi connectivity index (χ1) is 14.5. The van der Waals surface area contributed by atoms with Crippen LogP contribution in [0.2, 0.25) is 10.0 Å². The van der Waals surface area contributed by atoms with Crippen LogP contribution in [-0.4, -0.2) is 23.5 Å². The zero-order chi connectivity index (χ0) is 21.3. The molecule has 3 amide bonds. The summed E-state index contributed by atoms with van der Waals surface area (Å²) >= 11 is 11.9. The number of carbonyl (C=O) groups is 2. The summed E-state index contributed by atoms with van der Waals surface area (Å²) in [5.74, 6) is 0.0913. The molecule has 1 aromatic heterocycles. The van der Waals surface area contributed by atoms with Gasteiger partial charge >= 0.3 is 6.03 Å². The van der Waals surface area contributed by atoms with E-state index in [0.29, 0.717) is 23.0 Å². The average molecular weight is 445 g/mol. The highest BCUT2D eigenvalue weighted by Gasteiger charge is 2.12. The number of pyridine rings is 1. The second-order valence-corrected chi connectivity index (χ2v) is 6.95. The van der Waals surface area contributed by atoms with E-state index in [1.165, 1.54) is 12.3 Å². The van der Waals surface area contributed by atoms with E-state index >= 15 is 0 Å². The van der Waals surface area contributed by atoms with Gasteiger partial charge in [-0.1, -0.05) is 65.7 Å². The van der Waals surface area contributed by atoms with E-state index in [9.17, 15) is 9.59 Å². The number of amides is 3. The third-order valence-corrected chi connectivity index (χ3v) is 4.33. The molecule has 0 atom stereocenters. The Morgan fingerprint density at radius 3 is 2.50 bits per heavy atom. The van der Waals surface area contributed by atoms with Gasteiger partial charge in [0, 0.05) is 12.7 Å².